The van der Waals surface area contributed by atoms with Crippen LogP contribution in [0.15, 0.2) is 71.7 Å². The Morgan fingerprint density at radius 3 is 2.55 bits per heavy atom. The molecule has 1 saturated carbocycles. The molecule has 33 heavy (non-hydrogen) atoms. The lowest BCUT2D eigenvalue weighted by atomic mass is 9.63. The van der Waals surface area contributed by atoms with Crippen molar-refractivity contribution in [2.45, 2.75) is 44.2 Å². The zero-order valence-electron chi connectivity index (χ0n) is 18.9. The Morgan fingerprint density at radius 2 is 1.91 bits per heavy atom. The normalized spacial score (nSPS) is 25.1. The number of nitrogens with two attached hydrogens (primary N) is 2. The minimum atomic E-state index is -0.698. The van der Waals surface area contributed by atoms with Crippen molar-refractivity contribution in [1.29, 1.82) is 0 Å². The Kier molecular flexibility index (Phi) is 5.12. The predicted molar refractivity (Wildman–Crippen MR) is 131 cm³/mol. The highest BCUT2D eigenvalue weighted by Gasteiger charge is 2.49. The molecule has 0 spiro atoms. The second-order valence-corrected chi connectivity index (χ2v) is 9.22. The van der Waals surface area contributed by atoms with Gasteiger partial charge in [-0.3, -0.25) is 4.98 Å². The number of hydrogen-bond donors (Lipinski definition) is 3. The van der Waals surface area contributed by atoms with E-state index in [1.165, 1.54) is 5.01 Å². The number of fused-ring (bicyclic) bond motifs is 1. The number of aromatic nitrogens is 2. The molecule has 1 aliphatic carbocycles. The summed E-state index contributed by atoms with van der Waals surface area (Å²) >= 11 is 0. The molecule has 1 fully saturated rings. The lowest BCUT2D eigenvalue weighted by Gasteiger charge is -2.49. The highest BCUT2D eigenvalue weighted by molar-refractivity contribution is 5.95. The smallest absolute Gasteiger partial charge is 0.158 e. The van der Waals surface area contributed by atoms with Crippen LogP contribution in [0.5, 0.6) is 0 Å². The summed E-state index contributed by atoms with van der Waals surface area (Å²) in [5.74, 6) is 7.71. The van der Waals surface area contributed by atoms with E-state index >= 15 is 0 Å². The van der Waals surface area contributed by atoms with Crippen molar-refractivity contribution in [3.63, 3.8) is 0 Å². The van der Waals surface area contributed by atoms with Gasteiger partial charge in [-0.2, -0.15) is 0 Å². The van der Waals surface area contributed by atoms with Gasteiger partial charge in [0.05, 0.1) is 11.3 Å². The van der Waals surface area contributed by atoms with Crippen molar-refractivity contribution in [2.24, 2.45) is 16.6 Å². The molecular formula is C26H28N6O. The van der Waals surface area contributed by atoms with Gasteiger partial charge in [0, 0.05) is 46.4 Å². The number of allylic oxidation sites excluding steroid dienone is 1. The van der Waals surface area contributed by atoms with Crippen LogP contribution in [0.25, 0.3) is 22.4 Å². The van der Waals surface area contributed by atoms with E-state index in [9.17, 15) is 5.11 Å². The van der Waals surface area contributed by atoms with E-state index in [2.05, 4.69) is 16.0 Å². The van der Waals surface area contributed by atoms with E-state index in [4.69, 9.17) is 16.6 Å². The zero-order valence-corrected chi connectivity index (χ0v) is 18.9. The number of benzene rings is 1. The molecule has 0 amide bonds. The van der Waals surface area contributed by atoms with E-state index < -0.39 is 11.1 Å². The minimum Gasteiger partial charge on any atom is -0.390 e. The van der Waals surface area contributed by atoms with Crippen molar-refractivity contribution in [2.75, 3.05) is 5.01 Å². The maximum Gasteiger partial charge on any atom is 0.158 e. The first-order valence-electron chi connectivity index (χ1n) is 11.2. The maximum absolute atomic E-state index is 10.2. The van der Waals surface area contributed by atoms with Crippen LogP contribution in [0.2, 0.25) is 0 Å². The molecule has 3 aromatic rings. The first kappa shape index (κ1) is 21.5. The monoisotopic (exact) mass is 440 g/mol. The fourth-order valence-corrected chi connectivity index (χ4v) is 4.88. The largest absolute Gasteiger partial charge is 0.390 e. The number of nitrogens with zero attached hydrogens (tertiary/aromatic N) is 4. The number of anilines is 1. The first-order valence-corrected chi connectivity index (χ1v) is 11.2. The van der Waals surface area contributed by atoms with Gasteiger partial charge in [-0.15, -0.1) is 0 Å². The molecule has 168 valence electrons. The predicted octanol–water partition coefficient (Wildman–Crippen LogP) is 3.87. The van der Waals surface area contributed by atoms with Crippen LogP contribution >= 0.6 is 0 Å². The Balaban J connectivity index is 1.61. The van der Waals surface area contributed by atoms with E-state index in [1.54, 1.807) is 12.4 Å². The van der Waals surface area contributed by atoms with Gasteiger partial charge in [-0.05, 0) is 50.0 Å². The topological polar surface area (TPSA) is 114 Å². The average molecular weight is 441 g/mol. The number of aliphatic hydroxyl groups is 1. The third-order valence-electron chi connectivity index (χ3n) is 6.33. The fourth-order valence-electron chi connectivity index (χ4n) is 4.88. The van der Waals surface area contributed by atoms with Crippen LogP contribution in [0.4, 0.5) is 5.82 Å². The molecule has 2 aliphatic rings. The molecule has 0 unspecified atom stereocenters. The van der Waals surface area contributed by atoms with Gasteiger partial charge in [0.1, 0.15) is 5.82 Å². The molecule has 5 N–H and O–H groups in total. The Hall–Kier alpha value is -3.39. The van der Waals surface area contributed by atoms with Crippen molar-refractivity contribution >= 4 is 12.0 Å². The molecule has 0 saturated heterocycles. The van der Waals surface area contributed by atoms with Gasteiger partial charge in [-0.25, -0.2) is 20.8 Å². The van der Waals surface area contributed by atoms with E-state index in [1.807, 2.05) is 62.5 Å². The van der Waals surface area contributed by atoms with Crippen LogP contribution in [-0.2, 0) is 5.54 Å². The third-order valence-corrected chi connectivity index (χ3v) is 6.33. The van der Waals surface area contributed by atoms with Gasteiger partial charge in [0.2, 0.25) is 0 Å². The Labute approximate surface area is 193 Å². The summed E-state index contributed by atoms with van der Waals surface area (Å²) in [7, 11) is 0. The van der Waals surface area contributed by atoms with Crippen LogP contribution < -0.4 is 16.6 Å². The highest BCUT2D eigenvalue weighted by Crippen LogP contribution is 2.46. The molecular weight excluding hydrogens is 412 g/mol. The number of hydrogen-bond acceptors (Lipinski definition) is 7. The summed E-state index contributed by atoms with van der Waals surface area (Å²) in [6.07, 6.45) is 9.28. The molecule has 7 heteroatoms. The second-order valence-electron chi connectivity index (χ2n) is 9.22. The van der Waals surface area contributed by atoms with Gasteiger partial charge in [-0.1, -0.05) is 37.3 Å². The summed E-state index contributed by atoms with van der Waals surface area (Å²) in [5.41, 5.74) is 10.9. The lowest BCUT2D eigenvalue weighted by Crippen LogP contribution is -2.58. The third kappa shape index (κ3) is 3.84. The summed E-state index contributed by atoms with van der Waals surface area (Å²) in [6, 6.07) is 14.1. The Morgan fingerprint density at radius 1 is 1.15 bits per heavy atom. The number of aliphatic imine (C=N–C) groups is 1. The average Bonchev–Trinajstić information content (AvgIpc) is 2.80. The van der Waals surface area contributed by atoms with Crippen LogP contribution in [0.1, 0.15) is 44.2 Å². The van der Waals surface area contributed by atoms with E-state index in [0.717, 1.165) is 39.9 Å². The lowest BCUT2D eigenvalue weighted by molar-refractivity contribution is -0.0738. The number of rotatable bonds is 4. The standard InChI is InChI=1S/C26H28N6O/c1-3-5-22-30-14-19-12-21(18-6-4-11-29-13-18)23(31-24(19)32(22)28)17-7-9-20(10-8-17)26(27)15-25(2,33)16-26/h4-14,33H,3,15-16,27-28H2,1-2H3/b22-5-/t25-,26-. The summed E-state index contributed by atoms with van der Waals surface area (Å²) in [4.78, 5) is 13.8. The molecule has 0 atom stereocenters. The molecule has 3 heterocycles. The van der Waals surface area contributed by atoms with Crippen LogP contribution in [-0.4, -0.2) is 26.9 Å². The molecule has 0 bridgehead atoms. The zero-order chi connectivity index (χ0) is 23.2. The van der Waals surface area contributed by atoms with E-state index in [-0.39, 0.29) is 0 Å². The first-order chi connectivity index (χ1) is 15.8. The molecule has 5 rings (SSSR count). The van der Waals surface area contributed by atoms with Gasteiger partial charge in [0.15, 0.2) is 5.82 Å². The van der Waals surface area contributed by atoms with Gasteiger partial charge >= 0.3 is 0 Å². The minimum absolute atomic E-state index is 0.498. The Bertz CT molecular complexity index is 1240. The van der Waals surface area contributed by atoms with Gasteiger partial charge < -0.3 is 10.8 Å². The van der Waals surface area contributed by atoms with Crippen LogP contribution in [0, 0.1) is 0 Å². The maximum atomic E-state index is 10.2. The SMILES string of the molecule is CC/C=C1/N=Cc2cc(-c3cccnc3)c(-c3ccc([C@]4(N)C[C@](C)(O)C4)cc3)nc2N1N. The summed E-state index contributed by atoms with van der Waals surface area (Å²) in [5, 5.41) is 11.7. The van der Waals surface area contributed by atoms with Crippen molar-refractivity contribution in [3.05, 3.63) is 77.9 Å². The number of hydrazine groups is 1. The molecule has 2 aromatic heterocycles. The molecule has 0 radical (unpaired) electrons. The molecule has 1 aliphatic heterocycles. The summed E-state index contributed by atoms with van der Waals surface area (Å²) in [6.45, 7) is 3.87. The molecule has 7 nitrogen and oxygen atoms in total. The molecule has 1 aromatic carbocycles. The van der Waals surface area contributed by atoms with E-state index in [0.29, 0.717) is 24.5 Å². The second kappa shape index (κ2) is 7.88. The quantitative estimate of drug-likeness (QED) is 0.531. The summed E-state index contributed by atoms with van der Waals surface area (Å²) < 4.78 is 0. The fraction of sp³-hybridized carbons (Fsp3) is 0.269. The highest BCUT2D eigenvalue weighted by atomic mass is 16.3. The van der Waals surface area contributed by atoms with Crippen molar-refractivity contribution in [1.82, 2.24) is 9.97 Å². The van der Waals surface area contributed by atoms with Crippen LogP contribution in [0.3, 0.4) is 0 Å². The number of pyridine rings is 2. The van der Waals surface area contributed by atoms with Crippen molar-refractivity contribution in [3.8, 4) is 22.4 Å². The van der Waals surface area contributed by atoms with Gasteiger partial charge in [0.25, 0.3) is 0 Å². The van der Waals surface area contributed by atoms with Crippen molar-refractivity contribution < 1.29 is 5.11 Å².